The summed E-state index contributed by atoms with van der Waals surface area (Å²) in [4.78, 5) is 38.1. The number of carbonyl (C=O) groups is 3. The topological polar surface area (TPSA) is 78.9 Å². The fourth-order valence-corrected chi connectivity index (χ4v) is 9.20. The van der Waals surface area contributed by atoms with Gasteiger partial charge in [-0.05, 0) is 31.1 Å². The molecular weight excluding hydrogens is 817 g/mol. The highest BCUT2D eigenvalue weighted by molar-refractivity contribution is 5.71. The van der Waals surface area contributed by atoms with Crippen LogP contribution < -0.4 is 0 Å². The maximum Gasteiger partial charge on any atom is 0.306 e. The Morgan fingerprint density at radius 3 is 0.864 bits per heavy atom. The van der Waals surface area contributed by atoms with Crippen LogP contribution in [0.1, 0.15) is 336 Å². The summed E-state index contributed by atoms with van der Waals surface area (Å²) in [6, 6.07) is 0. The summed E-state index contributed by atoms with van der Waals surface area (Å²) in [7, 11) is 0. The van der Waals surface area contributed by atoms with Gasteiger partial charge in [0.2, 0.25) is 0 Å². The van der Waals surface area contributed by atoms with Crippen LogP contribution in [0, 0.1) is 11.8 Å². The van der Waals surface area contributed by atoms with Crippen molar-refractivity contribution < 1.29 is 28.6 Å². The van der Waals surface area contributed by atoms with Gasteiger partial charge in [0.25, 0.3) is 0 Å². The van der Waals surface area contributed by atoms with Crippen molar-refractivity contribution in [3.63, 3.8) is 0 Å². The van der Waals surface area contributed by atoms with Gasteiger partial charge in [0.05, 0.1) is 0 Å². The molecule has 0 aliphatic rings. The molecule has 66 heavy (non-hydrogen) atoms. The molecule has 6 nitrogen and oxygen atoms in total. The van der Waals surface area contributed by atoms with Gasteiger partial charge in [0.1, 0.15) is 13.2 Å². The molecule has 0 rings (SSSR count). The highest BCUT2D eigenvalue weighted by Gasteiger charge is 2.19. The Balaban J connectivity index is 4.23. The molecular formula is C60H116O6. The largest absolute Gasteiger partial charge is 0.462 e. The monoisotopic (exact) mass is 933 g/mol. The molecule has 0 N–H and O–H groups in total. The molecule has 392 valence electrons. The van der Waals surface area contributed by atoms with E-state index in [1.807, 2.05) is 0 Å². The maximum atomic E-state index is 12.9. The van der Waals surface area contributed by atoms with Crippen molar-refractivity contribution in [2.75, 3.05) is 13.2 Å². The molecule has 0 aliphatic carbocycles. The van der Waals surface area contributed by atoms with Crippen molar-refractivity contribution >= 4 is 17.9 Å². The predicted molar refractivity (Wildman–Crippen MR) is 284 cm³/mol. The maximum absolute atomic E-state index is 12.9. The zero-order valence-corrected chi connectivity index (χ0v) is 45.3. The van der Waals surface area contributed by atoms with Crippen LogP contribution in [0.5, 0.6) is 0 Å². The zero-order valence-electron chi connectivity index (χ0n) is 45.3. The molecule has 0 spiro atoms. The van der Waals surface area contributed by atoms with Crippen LogP contribution >= 0.6 is 0 Å². The van der Waals surface area contributed by atoms with Crippen molar-refractivity contribution in [3.8, 4) is 0 Å². The van der Waals surface area contributed by atoms with Crippen LogP contribution in [0.15, 0.2) is 0 Å². The highest BCUT2D eigenvalue weighted by Crippen LogP contribution is 2.19. The molecule has 0 saturated heterocycles. The van der Waals surface area contributed by atoms with E-state index in [1.54, 1.807) is 0 Å². The minimum absolute atomic E-state index is 0.0626. The summed E-state index contributed by atoms with van der Waals surface area (Å²) in [6.07, 6.45) is 56.6. The van der Waals surface area contributed by atoms with Crippen LogP contribution in [0.25, 0.3) is 0 Å². The minimum Gasteiger partial charge on any atom is -0.462 e. The summed E-state index contributed by atoms with van der Waals surface area (Å²) in [5.74, 6) is 0.904. The molecule has 0 amide bonds. The Morgan fingerprint density at radius 1 is 0.318 bits per heavy atom. The molecule has 0 radical (unpaired) electrons. The van der Waals surface area contributed by atoms with Crippen LogP contribution in [0.2, 0.25) is 0 Å². The van der Waals surface area contributed by atoms with E-state index >= 15 is 0 Å². The Kier molecular flexibility index (Phi) is 51.5. The van der Waals surface area contributed by atoms with Gasteiger partial charge in [-0.15, -0.1) is 0 Å². The van der Waals surface area contributed by atoms with Crippen molar-refractivity contribution in [1.29, 1.82) is 0 Å². The summed E-state index contributed by atoms with van der Waals surface area (Å²) in [6.45, 7) is 11.5. The first-order valence-electron chi connectivity index (χ1n) is 29.8. The van der Waals surface area contributed by atoms with E-state index < -0.39 is 6.10 Å². The molecule has 0 aliphatic heterocycles. The average molecular weight is 934 g/mol. The van der Waals surface area contributed by atoms with Gasteiger partial charge in [0, 0.05) is 19.3 Å². The minimum atomic E-state index is -0.762. The third-order valence-corrected chi connectivity index (χ3v) is 14.1. The Hall–Kier alpha value is -1.59. The summed E-state index contributed by atoms with van der Waals surface area (Å²) in [5, 5.41) is 0. The summed E-state index contributed by atoms with van der Waals surface area (Å²) < 4.78 is 16.9. The van der Waals surface area contributed by atoms with Crippen molar-refractivity contribution in [1.82, 2.24) is 0 Å². The second-order valence-electron chi connectivity index (χ2n) is 21.4. The Bertz CT molecular complexity index is 1010. The third kappa shape index (κ3) is 51.8. The molecule has 0 aromatic heterocycles. The Morgan fingerprint density at radius 2 is 0.576 bits per heavy atom. The van der Waals surface area contributed by atoms with E-state index in [2.05, 4.69) is 34.6 Å². The quantitative estimate of drug-likeness (QED) is 0.0343. The van der Waals surface area contributed by atoms with Crippen LogP contribution in [0.3, 0.4) is 0 Å². The number of unbranched alkanes of at least 4 members (excludes halogenated alkanes) is 38. The summed E-state index contributed by atoms with van der Waals surface area (Å²) >= 11 is 0. The van der Waals surface area contributed by atoms with E-state index in [1.165, 1.54) is 225 Å². The third-order valence-electron chi connectivity index (χ3n) is 14.1. The molecule has 2 atom stereocenters. The molecule has 0 heterocycles. The van der Waals surface area contributed by atoms with Gasteiger partial charge >= 0.3 is 17.9 Å². The fraction of sp³-hybridized carbons (Fsp3) is 0.950. The lowest BCUT2D eigenvalue weighted by molar-refractivity contribution is -0.167. The van der Waals surface area contributed by atoms with Gasteiger partial charge in [-0.2, -0.15) is 0 Å². The molecule has 6 heteroatoms. The smallest absolute Gasteiger partial charge is 0.306 e. The lowest BCUT2D eigenvalue weighted by Gasteiger charge is -2.18. The number of ether oxygens (including phenoxy) is 3. The highest BCUT2D eigenvalue weighted by atomic mass is 16.6. The van der Waals surface area contributed by atoms with Gasteiger partial charge in [-0.25, -0.2) is 0 Å². The van der Waals surface area contributed by atoms with Crippen LogP contribution in [-0.2, 0) is 28.6 Å². The van der Waals surface area contributed by atoms with Crippen LogP contribution in [-0.4, -0.2) is 37.2 Å². The van der Waals surface area contributed by atoms with Crippen LogP contribution in [0.4, 0.5) is 0 Å². The van der Waals surface area contributed by atoms with Crippen molar-refractivity contribution in [2.24, 2.45) is 11.8 Å². The van der Waals surface area contributed by atoms with Gasteiger partial charge in [-0.1, -0.05) is 298 Å². The van der Waals surface area contributed by atoms with E-state index in [9.17, 15) is 14.4 Å². The first kappa shape index (κ1) is 64.4. The molecule has 1 unspecified atom stereocenters. The summed E-state index contributed by atoms with van der Waals surface area (Å²) in [5.41, 5.74) is 0. The van der Waals surface area contributed by atoms with Gasteiger partial charge in [0.15, 0.2) is 6.10 Å². The van der Waals surface area contributed by atoms with Gasteiger partial charge in [-0.3, -0.25) is 14.4 Å². The number of hydrogen-bond donors (Lipinski definition) is 0. The number of esters is 3. The molecule has 0 fully saturated rings. The average Bonchev–Trinajstić information content (AvgIpc) is 3.30. The number of hydrogen-bond acceptors (Lipinski definition) is 6. The second-order valence-corrected chi connectivity index (χ2v) is 21.4. The fourth-order valence-electron chi connectivity index (χ4n) is 9.20. The molecule has 0 aromatic carbocycles. The molecule has 0 saturated carbocycles. The van der Waals surface area contributed by atoms with Crippen molar-refractivity contribution in [2.45, 2.75) is 343 Å². The first-order valence-corrected chi connectivity index (χ1v) is 29.8. The zero-order chi connectivity index (χ0) is 48.2. The number of rotatable bonds is 54. The van der Waals surface area contributed by atoms with E-state index in [0.29, 0.717) is 19.3 Å². The standard InChI is InChI=1S/C60H116O6/c1-6-8-9-10-11-12-23-30-35-40-45-50-58(61)64-53-57(54-65-59(62)51-46-41-36-31-26-22-21-24-28-33-38-43-48-55(3)4)66-60(63)52-47-42-37-32-27-20-18-16-14-13-15-17-19-25-29-34-39-44-49-56(5)7-2/h55-57H,6-54H2,1-5H3/t56?,57-/m1/s1. The lowest BCUT2D eigenvalue weighted by atomic mass is 9.99. The van der Waals surface area contributed by atoms with Gasteiger partial charge < -0.3 is 14.2 Å². The number of carbonyl (C=O) groups excluding carboxylic acids is 3. The van der Waals surface area contributed by atoms with E-state index in [4.69, 9.17) is 14.2 Å². The predicted octanol–water partition coefficient (Wildman–Crippen LogP) is 19.7. The van der Waals surface area contributed by atoms with Crippen molar-refractivity contribution in [3.05, 3.63) is 0 Å². The normalized spacial score (nSPS) is 12.5. The first-order chi connectivity index (χ1) is 32.3. The molecule has 0 aromatic rings. The SMILES string of the molecule is CCCCCCCCCCCCCC(=O)OC[C@H](COC(=O)CCCCCCCCCCCCCCC(C)C)OC(=O)CCCCCCCCCCCCCCCCCCCCC(C)CC. The lowest BCUT2D eigenvalue weighted by Crippen LogP contribution is -2.30. The van der Waals surface area contributed by atoms with E-state index in [-0.39, 0.29) is 31.1 Å². The second kappa shape index (κ2) is 52.8. The van der Waals surface area contributed by atoms with E-state index in [0.717, 1.165) is 69.6 Å². The Labute approximate surface area is 412 Å². The molecule has 0 bridgehead atoms.